The molecule has 0 unspecified atom stereocenters. The highest BCUT2D eigenvalue weighted by atomic mass is 16.2. The Morgan fingerprint density at radius 3 is 2.47 bits per heavy atom. The van der Waals surface area contributed by atoms with Gasteiger partial charge in [0.2, 0.25) is 11.8 Å². The van der Waals surface area contributed by atoms with Crippen molar-refractivity contribution in [3.05, 3.63) is 29.3 Å². The predicted octanol–water partition coefficient (Wildman–Crippen LogP) is 3.13. The minimum atomic E-state index is -0.382. The largest absolute Gasteiger partial charge is 0.274 e. The lowest BCUT2D eigenvalue weighted by molar-refractivity contribution is -0.125. The number of carbonyl (C=O) groups excluding carboxylic acids is 2. The average molecular weight is 257 g/mol. The van der Waals surface area contributed by atoms with Crippen LogP contribution in [0.3, 0.4) is 0 Å². The molecule has 3 rings (SSSR count). The molecule has 1 aliphatic carbocycles. The van der Waals surface area contributed by atoms with Crippen molar-refractivity contribution in [3.8, 4) is 0 Å². The van der Waals surface area contributed by atoms with Crippen LogP contribution in [0.2, 0.25) is 0 Å². The number of rotatable bonds is 1. The first-order valence-corrected chi connectivity index (χ1v) is 6.98. The standard InChI is InChI=1S/C16H19NO2/c1-11-5-6-12(2)13(9-11)17-14(18)10-16(15(17)19)7-3-4-8-16/h5-6,9H,3-4,7-8,10H2,1-2H3. The molecule has 1 saturated heterocycles. The predicted molar refractivity (Wildman–Crippen MR) is 73.9 cm³/mol. The molecule has 2 aliphatic rings. The summed E-state index contributed by atoms with van der Waals surface area (Å²) >= 11 is 0. The van der Waals surface area contributed by atoms with Gasteiger partial charge in [0.05, 0.1) is 11.1 Å². The summed E-state index contributed by atoms with van der Waals surface area (Å²) in [5.41, 5.74) is 2.46. The Bertz CT molecular complexity index is 556. The summed E-state index contributed by atoms with van der Waals surface area (Å²) in [6, 6.07) is 5.93. The number of amides is 2. The Morgan fingerprint density at radius 2 is 1.79 bits per heavy atom. The lowest BCUT2D eigenvalue weighted by Gasteiger charge is -2.22. The first-order chi connectivity index (χ1) is 9.03. The average Bonchev–Trinajstić information content (AvgIpc) is 2.91. The van der Waals surface area contributed by atoms with Crippen molar-refractivity contribution in [1.29, 1.82) is 0 Å². The summed E-state index contributed by atoms with van der Waals surface area (Å²) in [5.74, 6) is 0.00398. The summed E-state index contributed by atoms with van der Waals surface area (Å²) in [6.45, 7) is 3.94. The Hall–Kier alpha value is -1.64. The van der Waals surface area contributed by atoms with E-state index in [2.05, 4.69) is 0 Å². The number of carbonyl (C=O) groups is 2. The summed E-state index contributed by atoms with van der Waals surface area (Å²) in [6.07, 6.45) is 4.29. The number of hydrogen-bond donors (Lipinski definition) is 0. The van der Waals surface area contributed by atoms with E-state index < -0.39 is 0 Å². The molecule has 1 spiro atoms. The van der Waals surface area contributed by atoms with E-state index in [-0.39, 0.29) is 17.2 Å². The molecule has 2 amide bonds. The van der Waals surface area contributed by atoms with Crippen molar-refractivity contribution in [1.82, 2.24) is 0 Å². The van der Waals surface area contributed by atoms with Crippen molar-refractivity contribution >= 4 is 17.5 Å². The van der Waals surface area contributed by atoms with Gasteiger partial charge in [0.1, 0.15) is 0 Å². The van der Waals surface area contributed by atoms with Crippen LogP contribution in [0.5, 0.6) is 0 Å². The molecule has 0 atom stereocenters. The van der Waals surface area contributed by atoms with Crippen LogP contribution in [-0.4, -0.2) is 11.8 Å². The van der Waals surface area contributed by atoms with Gasteiger partial charge in [0, 0.05) is 6.42 Å². The van der Waals surface area contributed by atoms with Gasteiger partial charge < -0.3 is 0 Å². The zero-order valence-electron chi connectivity index (χ0n) is 11.5. The maximum atomic E-state index is 12.7. The fraction of sp³-hybridized carbons (Fsp3) is 0.500. The first kappa shape index (κ1) is 12.4. The lowest BCUT2D eigenvalue weighted by atomic mass is 9.84. The van der Waals surface area contributed by atoms with Gasteiger partial charge in [-0.3, -0.25) is 9.59 Å². The molecular weight excluding hydrogens is 238 g/mol. The van der Waals surface area contributed by atoms with Crippen LogP contribution in [0.25, 0.3) is 0 Å². The SMILES string of the molecule is Cc1ccc(C)c(N2C(=O)CC3(CCCC3)C2=O)c1. The smallest absolute Gasteiger partial charge is 0.240 e. The summed E-state index contributed by atoms with van der Waals surface area (Å²) in [4.78, 5) is 26.5. The van der Waals surface area contributed by atoms with E-state index in [1.807, 2.05) is 32.0 Å². The minimum absolute atomic E-state index is 0.0272. The second kappa shape index (κ2) is 4.19. The third-order valence-electron chi connectivity index (χ3n) is 4.56. The molecule has 100 valence electrons. The molecular formula is C16H19NO2. The minimum Gasteiger partial charge on any atom is -0.274 e. The second-order valence-electron chi connectivity index (χ2n) is 5.99. The number of nitrogens with zero attached hydrogens (tertiary/aromatic N) is 1. The van der Waals surface area contributed by atoms with Gasteiger partial charge >= 0.3 is 0 Å². The molecule has 0 radical (unpaired) electrons. The third-order valence-corrected chi connectivity index (χ3v) is 4.56. The van der Waals surface area contributed by atoms with E-state index in [0.29, 0.717) is 6.42 Å². The number of anilines is 1. The molecule has 3 nitrogen and oxygen atoms in total. The maximum Gasteiger partial charge on any atom is 0.240 e. The Kier molecular flexibility index (Phi) is 2.73. The Balaban J connectivity index is 2.03. The van der Waals surface area contributed by atoms with Crippen LogP contribution < -0.4 is 4.90 Å². The zero-order valence-corrected chi connectivity index (χ0v) is 11.5. The molecule has 0 bridgehead atoms. The van der Waals surface area contributed by atoms with Crippen LogP contribution in [0.4, 0.5) is 5.69 Å². The van der Waals surface area contributed by atoms with Crippen LogP contribution >= 0.6 is 0 Å². The molecule has 0 N–H and O–H groups in total. The highest BCUT2D eigenvalue weighted by molar-refractivity contribution is 6.23. The van der Waals surface area contributed by atoms with E-state index in [1.165, 1.54) is 4.90 Å². The van der Waals surface area contributed by atoms with E-state index >= 15 is 0 Å². The van der Waals surface area contributed by atoms with E-state index in [4.69, 9.17) is 0 Å². The van der Waals surface area contributed by atoms with E-state index in [0.717, 1.165) is 42.5 Å². The number of aryl methyl sites for hydroxylation is 2. The lowest BCUT2D eigenvalue weighted by Crippen LogP contribution is -2.34. The van der Waals surface area contributed by atoms with Gasteiger partial charge in [-0.05, 0) is 43.9 Å². The second-order valence-corrected chi connectivity index (χ2v) is 5.99. The van der Waals surface area contributed by atoms with Crippen molar-refractivity contribution in [3.63, 3.8) is 0 Å². The van der Waals surface area contributed by atoms with Gasteiger partial charge in [-0.25, -0.2) is 4.90 Å². The van der Waals surface area contributed by atoms with E-state index in [9.17, 15) is 9.59 Å². The highest BCUT2D eigenvalue weighted by Gasteiger charge is 2.53. The van der Waals surface area contributed by atoms with Gasteiger partial charge in [-0.2, -0.15) is 0 Å². The monoisotopic (exact) mass is 257 g/mol. The van der Waals surface area contributed by atoms with Crippen molar-refractivity contribution in [2.24, 2.45) is 5.41 Å². The van der Waals surface area contributed by atoms with Crippen LogP contribution in [0.1, 0.15) is 43.2 Å². The number of imide groups is 1. The highest BCUT2D eigenvalue weighted by Crippen LogP contribution is 2.48. The summed E-state index contributed by atoms with van der Waals surface area (Å²) < 4.78 is 0. The van der Waals surface area contributed by atoms with Gasteiger partial charge in [-0.15, -0.1) is 0 Å². The van der Waals surface area contributed by atoms with Crippen molar-refractivity contribution in [2.45, 2.75) is 46.0 Å². The van der Waals surface area contributed by atoms with Gasteiger partial charge in [-0.1, -0.05) is 25.0 Å². The van der Waals surface area contributed by atoms with Gasteiger partial charge in [0.25, 0.3) is 0 Å². The number of hydrogen-bond acceptors (Lipinski definition) is 2. The molecule has 1 heterocycles. The van der Waals surface area contributed by atoms with Crippen LogP contribution in [0.15, 0.2) is 18.2 Å². The molecule has 3 heteroatoms. The van der Waals surface area contributed by atoms with Crippen molar-refractivity contribution in [2.75, 3.05) is 4.90 Å². The molecule has 1 aliphatic heterocycles. The zero-order chi connectivity index (χ0) is 13.6. The summed E-state index contributed by atoms with van der Waals surface area (Å²) in [7, 11) is 0. The normalized spacial score (nSPS) is 21.7. The Morgan fingerprint density at radius 1 is 1.11 bits per heavy atom. The quantitative estimate of drug-likeness (QED) is 0.725. The summed E-state index contributed by atoms with van der Waals surface area (Å²) in [5, 5.41) is 0. The first-order valence-electron chi connectivity index (χ1n) is 6.98. The fourth-order valence-corrected chi connectivity index (χ4v) is 3.44. The molecule has 2 fully saturated rings. The Labute approximate surface area is 113 Å². The van der Waals surface area contributed by atoms with Crippen LogP contribution in [-0.2, 0) is 9.59 Å². The van der Waals surface area contributed by atoms with Crippen LogP contribution in [0, 0.1) is 19.3 Å². The van der Waals surface area contributed by atoms with Gasteiger partial charge in [0.15, 0.2) is 0 Å². The third kappa shape index (κ3) is 1.79. The topological polar surface area (TPSA) is 37.4 Å². The molecule has 1 saturated carbocycles. The molecule has 0 aromatic heterocycles. The van der Waals surface area contributed by atoms with Crippen molar-refractivity contribution < 1.29 is 9.59 Å². The maximum absolute atomic E-state index is 12.7. The number of benzene rings is 1. The molecule has 1 aromatic rings. The van der Waals surface area contributed by atoms with E-state index in [1.54, 1.807) is 0 Å². The molecule has 19 heavy (non-hydrogen) atoms. The molecule has 1 aromatic carbocycles. The fourth-order valence-electron chi connectivity index (χ4n) is 3.44.